The van der Waals surface area contributed by atoms with Gasteiger partial charge in [-0.1, -0.05) is 12.2 Å². The Labute approximate surface area is 140 Å². The maximum absolute atomic E-state index is 12.5. The van der Waals surface area contributed by atoms with Crippen LogP contribution in [0, 0.1) is 0 Å². The zero-order chi connectivity index (χ0) is 16.7. The molecule has 3 heterocycles. The summed E-state index contributed by atoms with van der Waals surface area (Å²) >= 11 is 0. The average Bonchev–Trinajstić information content (AvgIpc) is 2.81. The van der Waals surface area contributed by atoms with Gasteiger partial charge in [0.25, 0.3) is 5.56 Å². The van der Waals surface area contributed by atoms with Gasteiger partial charge in [0.2, 0.25) is 0 Å². The van der Waals surface area contributed by atoms with Crippen LogP contribution in [0.2, 0.25) is 0 Å². The van der Waals surface area contributed by atoms with Gasteiger partial charge in [0, 0.05) is 18.2 Å². The average molecular weight is 327 g/mol. The van der Waals surface area contributed by atoms with Crippen molar-refractivity contribution in [2.75, 3.05) is 14.2 Å². The lowest BCUT2D eigenvalue weighted by Gasteiger charge is -2.30. The first-order valence-corrected chi connectivity index (χ1v) is 8.27. The van der Waals surface area contributed by atoms with Gasteiger partial charge >= 0.3 is 0 Å². The molecule has 0 saturated carbocycles. The lowest BCUT2D eigenvalue weighted by atomic mass is 10.1. The quantitative estimate of drug-likeness (QED) is 0.872. The number of methoxy groups -OCH3 is 2. The summed E-state index contributed by atoms with van der Waals surface area (Å²) in [7, 11) is 3.13. The third-order valence-electron chi connectivity index (χ3n) is 5.05. The highest BCUT2D eigenvalue weighted by atomic mass is 16.5. The number of aromatic amines is 1. The van der Waals surface area contributed by atoms with Crippen LogP contribution in [0.15, 0.2) is 29.1 Å². The highest BCUT2D eigenvalue weighted by Crippen LogP contribution is 2.33. The van der Waals surface area contributed by atoms with E-state index in [2.05, 4.69) is 27.0 Å². The molecule has 1 N–H and O–H groups in total. The van der Waals surface area contributed by atoms with E-state index in [9.17, 15) is 4.79 Å². The molecule has 0 aliphatic carbocycles. The fourth-order valence-corrected chi connectivity index (χ4v) is 3.83. The van der Waals surface area contributed by atoms with Crippen LogP contribution in [0.5, 0.6) is 11.5 Å². The number of nitrogens with one attached hydrogen (secondary N) is 1. The molecule has 126 valence electrons. The molecule has 2 bridgehead atoms. The van der Waals surface area contributed by atoms with E-state index in [4.69, 9.17) is 9.47 Å². The van der Waals surface area contributed by atoms with Crippen molar-refractivity contribution in [1.82, 2.24) is 14.9 Å². The molecule has 2 aliphatic rings. The maximum Gasteiger partial charge on any atom is 0.258 e. The highest BCUT2D eigenvalue weighted by Gasteiger charge is 2.34. The molecule has 2 atom stereocenters. The predicted octanol–water partition coefficient (Wildman–Crippen LogP) is 2.23. The number of aromatic nitrogens is 2. The summed E-state index contributed by atoms with van der Waals surface area (Å²) in [6.07, 6.45) is 8.02. The number of rotatable bonds is 4. The van der Waals surface area contributed by atoms with Gasteiger partial charge in [0.15, 0.2) is 11.5 Å². The van der Waals surface area contributed by atoms with Crippen LogP contribution in [-0.4, -0.2) is 41.2 Å². The molecule has 2 unspecified atom stereocenters. The smallest absolute Gasteiger partial charge is 0.258 e. The van der Waals surface area contributed by atoms with Crippen LogP contribution in [0.4, 0.5) is 0 Å². The number of H-pyrrole nitrogens is 1. The minimum atomic E-state index is -0.143. The van der Waals surface area contributed by atoms with Crippen LogP contribution >= 0.6 is 0 Å². The zero-order valence-corrected chi connectivity index (χ0v) is 13.9. The Morgan fingerprint density at radius 3 is 2.79 bits per heavy atom. The number of nitrogens with zero attached hydrogens (tertiary/aromatic N) is 2. The first-order chi connectivity index (χ1) is 11.7. The summed E-state index contributed by atoms with van der Waals surface area (Å²) in [6.45, 7) is 0.666. The lowest BCUT2D eigenvalue weighted by molar-refractivity contribution is 0.195. The molecule has 2 aromatic rings. The van der Waals surface area contributed by atoms with Crippen molar-refractivity contribution in [2.45, 2.75) is 37.9 Å². The molecular formula is C18H21N3O3. The molecule has 6 nitrogen and oxygen atoms in total. The van der Waals surface area contributed by atoms with E-state index in [0.717, 1.165) is 6.42 Å². The van der Waals surface area contributed by atoms with Crippen LogP contribution in [0.1, 0.15) is 25.1 Å². The Balaban J connectivity index is 1.72. The Morgan fingerprint density at radius 2 is 2.04 bits per heavy atom. The van der Waals surface area contributed by atoms with Crippen molar-refractivity contribution >= 4 is 10.9 Å². The standard InChI is InChI=1S/C18H21N3O3/c1-23-15-8-13-14(9-16(15)24-2)19-17(20-18(13)22)10-21-11-4-3-5-12(21)7-6-11/h3-4,8-9,11-12H,5-7,10H2,1-2H3,(H,19,20,22). The zero-order valence-electron chi connectivity index (χ0n) is 13.9. The van der Waals surface area contributed by atoms with Crippen molar-refractivity contribution in [3.8, 4) is 11.5 Å². The van der Waals surface area contributed by atoms with Crippen molar-refractivity contribution in [1.29, 1.82) is 0 Å². The highest BCUT2D eigenvalue weighted by molar-refractivity contribution is 5.81. The molecule has 0 spiro atoms. The van der Waals surface area contributed by atoms with Gasteiger partial charge in [-0.25, -0.2) is 4.98 Å². The second-order valence-electron chi connectivity index (χ2n) is 6.37. The molecule has 24 heavy (non-hydrogen) atoms. The van der Waals surface area contributed by atoms with Crippen molar-refractivity contribution in [3.05, 3.63) is 40.5 Å². The third kappa shape index (κ3) is 2.47. The molecule has 0 amide bonds. The van der Waals surface area contributed by atoms with Gasteiger partial charge in [-0.3, -0.25) is 9.69 Å². The largest absolute Gasteiger partial charge is 0.493 e. The van der Waals surface area contributed by atoms with E-state index >= 15 is 0 Å². The summed E-state index contributed by atoms with van der Waals surface area (Å²) in [5.41, 5.74) is 0.488. The summed E-state index contributed by atoms with van der Waals surface area (Å²) in [5.74, 6) is 1.81. The number of fused-ring (bicyclic) bond motifs is 3. The molecule has 4 rings (SSSR count). The van der Waals surface area contributed by atoms with Crippen LogP contribution in [-0.2, 0) is 6.54 Å². The molecule has 1 fully saturated rings. The Kier molecular flexibility index (Phi) is 3.76. The number of ether oxygens (including phenoxy) is 2. The predicted molar refractivity (Wildman–Crippen MR) is 91.6 cm³/mol. The van der Waals surface area contributed by atoms with Gasteiger partial charge in [0.05, 0.1) is 31.7 Å². The third-order valence-corrected chi connectivity index (χ3v) is 5.05. The minimum Gasteiger partial charge on any atom is -0.493 e. The second-order valence-corrected chi connectivity index (χ2v) is 6.37. The van der Waals surface area contributed by atoms with Gasteiger partial charge in [0.1, 0.15) is 5.82 Å². The second kappa shape index (κ2) is 5.94. The molecule has 1 aromatic heterocycles. The Hall–Kier alpha value is -2.34. The van der Waals surface area contributed by atoms with Crippen molar-refractivity contribution < 1.29 is 9.47 Å². The van der Waals surface area contributed by atoms with E-state index in [0.29, 0.717) is 46.9 Å². The monoisotopic (exact) mass is 327 g/mol. The lowest BCUT2D eigenvalue weighted by Crippen LogP contribution is -2.37. The minimum absolute atomic E-state index is 0.143. The van der Waals surface area contributed by atoms with Gasteiger partial charge in [-0.05, 0) is 25.3 Å². The first-order valence-electron chi connectivity index (χ1n) is 8.27. The van der Waals surface area contributed by atoms with Crippen LogP contribution < -0.4 is 15.0 Å². The van der Waals surface area contributed by atoms with Gasteiger partial charge in [-0.2, -0.15) is 0 Å². The molecule has 1 aromatic carbocycles. The molecule has 1 saturated heterocycles. The number of hydrogen-bond donors (Lipinski definition) is 1. The molecule has 6 heteroatoms. The Morgan fingerprint density at radius 1 is 1.25 bits per heavy atom. The normalized spacial score (nSPS) is 22.9. The van der Waals surface area contributed by atoms with Crippen LogP contribution in [0.3, 0.4) is 0 Å². The Bertz CT molecular complexity index is 858. The SMILES string of the molecule is COc1cc2nc(CN3C4C=CCC3CC4)[nH]c(=O)c2cc1OC. The molecule has 2 aliphatic heterocycles. The fourth-order valence-electron chi connectivity index (χ4n) is 3.83. The molecule has 0 radical (unpaired) electrons. The first kappa shape index (κ1) is 15.2. The summed E-state index contributed by atoms with van der Waals surface area (Å²) in [4.78, 5) is 22.5. The summed E-state index contributed by atoms with van der Waals surface area (Å²) in [6, 6.07) is 4.47. The van der Waals surface area contributed by atoms with E-state index in [-0.39, 0.29) is 5.56 Å². The van der Waals surface area contributed by atoms with Gasteiger partial charge in [-0.15, -0.1) is 0 Å². The summed E-state index contributed by atoms with van der Waals surface area (Å²) < 4.78 is 10.6. The number of benzene rings is 1. The fraction of sp³-hybridized carbons (Fsp3) is 0.444. The van der Waals surface area contributed by atoms with Crippen LogP contribution in [0.25, 0.3) is 10.9 Å². The van der Waals surface area contributed by atoms with Crippen molar-refractivity contribution in [3.63, 3.8) is 0 Å². The molecular weight excluding hydrogens is 306 g/mol. The summed E-state index contributed by atoms with van der Waals surface area (Å²) in [5, 5.41) is 0.512. The van der Waals surface area contributed by atoms with Crippen molar-refractivity contribution in [2.24, 2.45) is 0 Å². The van der Waals surface area contributed by atoms with E-state index in [1.54, 1.807) is 26.4 Å². The van der Waals surface area contributed by atoms with E-state index < -0.39 is 0 Å². The van der Waals surface area contributed by atoms with E-state index in [1.165, 1.54) is 12.8 Å². The maximum atomic E-state index is 12.5. The van der Waals surface area contributed by atoms with Gasteiger partial charge < -0.3 is 14.5 Å². The number of hydrogen-bond acceptors (Lipinski definition) is 5. The topological polar surface area (TPSA) is 67.5 Å². The van der Waals surface area contributed by atoms with E-state index in [1.807, 2.05) is 0 Å².